The lowest BCUT2D eigenvalue weighted by atomic mass is 10.1. The Morgan fingerprint density at radius 1 is 0.187 bits per heavy atom. The maximum absolute atomic E-state index is 6.48. The molecule has 0 bridgehead atoms. The highest BCUT2D eigenvalue weighted by atomic mass is 79.9. The first-order valence-electron chi connectivity index (χ1n) is 27.7. The van der Waals surface area contributed by atoms with Gasteiger partial charge in [-0.25, -0.2) is 0 Å². The molecule has 0 aliphatic heterocycles. The average Bonchev–Trinajstić information content (AvgIpc) is 1.55. The Morgan fingerprint density at radius 3 is 0.672 bits per heavy atom. The zero-order valence-corrected chi connectivity index (χ0v) is 143. The summed E-state index contributed by atoms with van der Waals surface area (Å²) in [6.45, 7) is 0. The van der Waals surface area contributed by atoms with Crippen molar-refractivity contribution < 1.29 is 4.42 Å². The highest BCUT2D eigenvalue weighted by molar-refractivity contribution is 9.10. The van der Waals surface area contributed by atoms with E-state index in [1.54, 1.807) is 107 Å². The van der Waals surface area contributed by atoms with E-state index in [-0.39, 0.29) is 0 Å². The molecule has 3 heterocycles. The van der Waals surface area contributed by atoms with Gasteiger partial charge in [-0.1, -0.05) is 70.5 Å². The van der Waals surface area contributed by atoms with Gasteiger partial charge in [0.25, 0.3) is 0 Å². The molecule has 0 atom stereocenters. The third-order valence-corrected chi connectivity index (χ3v) is 227. The molecule has 0 amide bonds. The van der Waals surface area contributed by atoms with Crippen molar-refractivity contribution in [3.63, 3.8) is 0 Å². The van der Waals surface area contributed by atoms with E-state index in [0.29, 0.717) is 0 Å². The Morgan fingerprint density at radius 2 is 0.410 bits per heavy atom. The van der Waals surface area contributed by atoms with Crippen molar-refractivity contribution in [1.29, 1.82) is 0 Å². The summed E-state index contributed by atoms with van der Waals surface area (Å²) in [5.74, 6) is 0. The fourth-order valence-electron chi connectivity index (χ4n) is 6.59. The summed E-state index contributed by atoms with van der Waals surface area (Å²) >= 11 is 15.3. The third kappa shape index (κ3) is 73.0. The number of thiophene rings is 1. The smallest absolute Gasteiger partial charge is 0.159 e. The Hall–Kier alpha value is 18.4. The second-order valence-electron chi connectivity index (χ2n) is 15.3. The standard InChI is InChI=1S/C30H16BrNOS.S100/c31-20-10-6-13-24-27(20)19-9-5-12-23(30(19)33-24)32-21-11-3-1-7-17(21)28-22(32)15-16-26-29(28)18-8-2-4-14-25(18)34-26;1-3-5-7-9-11-13-15-17-19-21-23-25-27-29-31-33-35-37-39-41-43-45-47-49-51-53-55-57-59-61-63-65-67-69-71-73-75-77-79-81-83-85-87-89-91-93-95-97-99-100-98-96-94-92-90-88-86-84-82-80-78-76-74-72-70-68-66-64-62-60-58-56-54-52-50-48-46-44-42-40-38-36-34-32-30-28-26-24-22-20-18-16-14-12-10-8-6-4-2/h1-16H;. The van der Waals surface area contributed by atoms with E-state index in [0.717, 1.165) is 32.1 Å². The number of benzene rings is 5. The SMILES string of the molecule is Brc1cccc2oc3c(-n4c5ccccc5c5c6c(ccc54)sc4ccccc46)cccc3c12.S=S=S=S=S=S=S=S=S=S=S=S=S=S=S=S=S=S=S=S=S=S=S=S=S=S=S=S=S=S=S=S=S=S=S=S=S=S=S=S=S=S=S=S=S=S=S=S=S=S=S=S=S=S=S=S=S=S=S=S=S=S=S=S=S=S=S=S=S=S=S=S=S=S=S=S=S=S=S=S=S=S=S=S=S=S=S=S=S=S=S=S=S=S=S=S=S=S=S=S. The minimum atomic E-state index is 0.892. The van der Waals surface area contributed by atoms with E-state index >= 15 is 0 Å². The van der Waals surface area contributed by atoms with Crippen LogP contribution in [0.25, 0.3) is 69.6 Å². The van der Waals surface area contributed by atoms with Crippen molar-refractivity contribution in [2.75, 3.05) is 0 Å². The first-order chi connectivity index (χ1) is 66.7. The third-order valence-electron chi connectivity index (χ3n) is 9.56. The van der Waals surface area contributed by atoms with Crippen molar-refractivity contribution in [2.45, 2.75) is 0 Å². The van der Waals surface area contributed by atoms with Gasteiger partial charge in [0.05, 0.1) is 16.7 Å². The van der Waals surface area contributed by atoms with Gasteiger partial charge in [-0.15, -0.1) is 11.3 Å². The van der Waals surface area contributed by atoms with Crippen LogP contribution in [0, 0.1) is 0 Å². The normalized spacial score (nSPS) is 8.99. The predicted molar refractivity (Wildman–Crippen MR) is 885 cm³/mol. The minimum absolute atomic E-state index is 0.892. The van der Waals surface area contributed by atoms with Crippen LogP contribution in [0.1, 0.15) is 0 Å². The maximum atomic E-state index is 6.48. The van der Waals surface area contributed by atoms with Gasteiger partial charge in [0.1, 0.15) is 5.58 Å². The molecule has 5 aromatic carbocycles. The first kappa shape index (κ1) is 139. The number of hydrogen-bond donors (Lipinski definition) is 0. The largest absolute Gasteiger partial charge is 0.454 e. The number of fused-ring (bicyclic) bond motifs is 10. The Balaban J connectivity index is 0.000000581. The molecule has 0 unspecified atom stereocenters. The van der Waals surface area contributed by atoms with Crippen LogP contribution in [0.15, 0.2) is 106 Å². The number of nitrogens with zero attached hydrogens (tertiary/aromatic N) is 1. The van der Waals surface area contributed by atoms with Gasteiger partial charge in [0.15, 0.2) is 5.58 Å². The van der Waals surface area contributed by atoms with Crippen LogP contribution in [0.4, 0.5) is 0 Å². The highest BCUT2D eigenvalue weighted by Crippen LogP contribution is 2.45. The Labute approximate surface area is 1070 Å². The second-order valence-corrected chi connectivity index (χ2v) is 191. The van der Waals surface area contributed by atoms with Crippen LogP contribution in [0.2, 0.25) is 0 Å². The molecule has 0 saturated heterocycles. The molecule has 0 saturated carbocycles. The molecule has 0 aliphatic rings. The number of hydrogen-bond acceptors (Lipinski definition) is 4. The molecule has 0 N–H and O–H groups in total. The monoisotopic (exact) mass is 3710 g/mol. The summed E-state index contributed by atoms with van der Waals surface area (Å²) in [6.07, 6.45) is 0. The van der Waals surface area contributed by atoms with Gasteiger partial charge in [-0.3, -0.25) is 0 Å². The number of para-hydroxylation sites is 2. The highest BCUT2D eigenvalue weighted by Gasteiger charge is 2.21. The lowest BCUT2D eigenvalue weighted by Gasteiger charge is -2.08. The molecule has 8 aromatic rings. The number of furan rings is 1. The summed E-state index contributed by atoms with van der Waals surface area (Å²) in [4.78, 5) is 0. The molecule has 8 rings (SSSR count). The van der Waals surface area contributed by atoms with E-state index in [9.17, 15) is 0 Å². The van der Waals surface area contributed by atoms with Gasteiger partial charge in [-0.2, -0.15) is 0 Å². The van der Waals surface area contributed by atoms with Crippen molar-refractivity contribution in [1.82, 2.24) is 4.57 Å². The summed E-state index contributed by atoms with van der Waals surface area (Å²) in [5.41, 5.74) is 5.24. The van der Waals surface area contributed by atoms with E-state index in [1.807, 2.05) is 769 Å². The molecular weight excluding hydrogens is 3710 g/mol. The van der Waals surface area contributed by atoms with Crippen molar-refractivity contribution in [3.05, 3.63) is 102 Å². The van der Waals surface area contributed by atoms with Crippen molar-refractivity contribution >= 4 is 984 Å². The van der Waals surface area contributed by atoms with Crippen LogP contribution < -0.4 is 0 Å². The number of rotatable bonds is 1. The van der Waals surface area contributed by atoms with Crippen molar-refractivity contribution in [3.8, 4) is 5.69 Å². The number of aromatic nitrogens is 1. The average molecular weight is 3730 g/mol. The molecule has 3 aromatic heterocycles. The topological polar surface area (TPSA) is 18.1 Å². The van der Waals surface area contributed by atoms with E-state index < -0.39 is 0 Å². The fourth-order valence-corrected chi connectivity index (χ4v) is 272. The molecule has 104 heteroatoms. The molecule has 134 heavy (non-hydrogen) atoms. The van der Waals surface area contributed by atoms with Gasteiger partial charge in [-0.05, 0) is 42.5 Å². The minimum Gasteiger partial charge on any atom is -0.454 e. The fraction of sp³-hybridized carbons (Fsp3) is 0. The quantitative estimate of drug-likeness (QED) is 0.163. The van der Waals surface area contributed by atoms with Crippen LogP contribution in [0.5, 0.6) is 0 Å². The molecule has 2 nitrogen and oxygen atoms in total. The summed E-state index contributed by atoms with van der Waals surface area (Å²) in [7, 11) is 177. The summed E-state index contributed by atoms with van der Waals surface area (Å²) < 4.78 is 12.5. The Bertz CT molecular complexity index is 10700. The summed E-state index contributed by atoms with van der Waals surface area (Å²) in [5, 5.41) is 7.47. The molecule has 0 aliphatic carbocycles. The first-order valence-corrected chi connectivity index (χ1v) is 161. The van der Waals surface area contributed by atoms with Gasteiger partial charge < -0.3 is 8.98 Å². The van der Waals surface area contributed by atoms with Gasteiger partial charge >= 0.3 is 0 Å². The van der Waals surface area contributed by atoms with Crippen molar-refractivity contribution in [2.24, 2.45) is 0 Å². The van der Waals surface area contributed by atoms with Gasteiger partial charge in [0, 0.05) is 939 Å². The van der Waals surface area contributed by atoms with E-state index in [2.05, 4.69) is 105 Å². The van der Waals surface area contributed by atoms with Gasteiger partial charge in [0.2, 0.25) is 0 Å². The van der Waals surface area contributed by atoms with E-state index in [1.165, 1.54) is 59.7 Å². The molecule has 0 fully saturated rings. The van der Waals surface area contributed by atoms with Crippen LogP contribution in [-0.2, 0) is 893 Å². The Kier molecular flexibility index (Phi) is 111. The van der Waals surface area contributed by atoms with Crippen LogP contribution in [0.3, 0.4) is 0 Å². The molecular formula is C30H16BrNOS101. The lowest BCUT2D eigenvalue weighted by molar-refractivity contribution is 0.666. The molecule has 0 spiro atoms. The molecule has 0 radical (unpaired) electrons. The predicted octanol–water partition coefficient (Wildman–Crippen LogP) is 9.57. The maximum Gasteiger partial charge on any atom is 0.159 e. The second kappa shape index (κ2) is 106. The molecule has 760 valence electrons. The number of halogens is 1. The summed E-state index contributed by atoms with van der Waals surface area (Å²) in [6, 6.07) is 34.6. The zero-order valence-electron chi connectivity index (χ0n) is 58.7. The van der Waals surface area contributed by atoms with Crippen LogP contribution in [-0.4, -0.2) is 4.57 Å². The lowest BCUT2D eigenvalue weighted by Crippen LogP contribution is -1.94. The zero-order chi connectivity index (χ0) is 93.7. The van der Waals surface area contributed by atoms with Crippen LogP contribution >= 0.6 is 27.3 Å². The van der Waals surface area contributed by atoms with E-state index in [4.69, 9.17) is 26.8 Å².